The molecule has 0 aliphatic carbocycles. The summed E-state index contributed by atoms with van der Waals surface area (Å²) in [6.07, 6.45) is 0.306. The molecule has 0 amide bonds. The summed E-state index contributed by atoms with van der Waals surface area (Å²) in [7, 11) is 0. The summed E-state index contributed by atoms with van der Waals surface area (Å²) >= 11 is 2.77. The van der Waals surface area contributed by atoms with E-state index in [1.165, 1.54) is 29.2 Å². The number of hydrogen-bond donors (Lipinski definition) is 0. The third-order valence-electron chi connectivity index (χ3n) is 2.91. The van der Waals surface area contributed by atoms with E-state index in [0.717, 1.165) is 15.2 Å². The number of halogens is 1. The van der Waals surface area contributed by atoms with Gasteiger partial charge in [-0.05, 0) is 24.3 Å². The smallest absolute Gasteiger partial charge is 0.149 e. The molecule has 0 saturated carbocycles. The lowest BCUT2D eigenvalue weighted by molar-refractivity contribution is -0.115. The summed E-state index contributed by atoms with van der Waals surface area (Å²) in [5, 5.41) is 0.815. The highest BCUT2D eigenvalue weighted by Crippen LogP contribution is 2.24. The Kier molecular flexibility index (Phi) is 4.31. The first-order chi connectivity index (χ1) is 10.2. The molecule has 0 aliphatic heterocycles. The fourth-order valence-corrected chi connectivity index (χ4v) is 3.73. The molecule has 2 aromatic carbocycles. The topological polar surface area (TPSA) is 30.0 Å². The van der Waals surface area contributed by atoms with Crippen molar-refractivity contribution in [2.45, 2.75) is 11.3 Å². The number of benzene rings is 2. The lowest BCUT2D eigenvalue weighted by Gasteiger charge is -2.01. The largest absolute Gasteiger partial charge is 0.298 e. The Balaban J connectivity index is 1.62. The number of aromatic nitrogens is 1. The molecule has 0 atom stereocenters. The summed E-state index contributed by atoms with van der Waals surface area (Å²) in [5.74, 6) is 0.0363. The van der Waals surface area contributed by atoms with Crippen LogP contribution in [0.1, 0.15) is 5.01 Å². The highest BCUT2D eigenvalue weighted by atomic mass is 32.2. The number of hydrogen-bond acceptors (Lipinski definition) is 4. The van der Waals surface area contributed by atoms with Crippen molar-refractivity contribution in [3.05, 3.63) is 59.4 Å². The average Bonchev–Trinajstić information content (AvgIpc) is 2.88. The number of carbonyl (C=O) groups excluding carboxylic acids is 1. The van der Waals surface area contributed by atoms with Crippen LogP contribution in [0, 0.1) is 5.82 Å². The molecule has 1 aromatic heterocycles. The summed E-state index contributed by atoms with van der Waals surface area (Å²) in [6.45, 7) is 0. The lowest BCUT2D eigenvalue weighted by atomic mass is 10.3. The number of rotatable bonds is 5. The molecule has 0 N–H and O–H groups in total. The zero-order valence-electron chi connectivity index (χ0n) is 11.1. The number of thioether (sulfide) groups is 1. The van der Waals surface area contributed by atoms with Crippen molar-refractivity contribution >= 4 is 39.1 Å². The Morgan fingerprint density at radius 3 is 2.71 bits per heavy atom. The standard InChI is InChI=1S/C16H12FNOS2/c17-12-5-1-3-7-14(12)20-10-11(19)9-16-18-13-6-2-4-8-15(13)21-16/h1-8H,9-10H2. The van der Waals surface area contributed by atoms with E-state index in [1.807, 2.05) is 24.3 Å². The third-order valence-corrected chi connectivity index (χ3v) is 5.06. The first-order valence-electron chi connectivity index (χ1n) is 6.46. The number of nitrogens with zero attached hydrogens (tertiary/aromatic N) is 1. The third kappa shape index (κ3) is 3.49. The highest BCUT2D eigenvalue weighted by molar-refractivity contribution is 8.00. The minimum atomic E-state index is -0.282. The lowest BCUT2D eigenvalue weighted by Crippen LogP contribution is -2.05. The van der Waals surface area contributed by atoms with Gasteiger partial charge in [-0.3, -0.25) is 4.79 Å². The van der Waals surface area contributed by atoms with E-state index in [4.69, 9.17) is 0 Å². The van der Waals surface area contributed by atoms with Crippen molar-refractivity contribution in [1.29, 1.82) is 0 Å². The summed E-state index contributed by atoms with van der Waals surface area (Å²) < 4.78 is 14.5. The van der Waals surface area contributed by atoms with Gasteiger partial charge in [-0.15, -0.1) is 23.1 Å². The first kappa shape index (κ1) is 14.2. The van der Waals surface area contributed by atoms with Crippen LogP contribution in [0.25, 0.3) is 10.2 Å². The van der Waals surface area contributed by atoms with Gasteiger partial charge in [0.25, 0.3) is 0 Å². The predicted molar refractivity (Wildman–Crippen MR) is 85.5 cm³/mol. The number of para-hydroxylation sites is 1. The zero-order chi connectivity index (χ0) is 14.7. The quantitative estimate of drug-likeness (QED) is 0.656. The molecule has 0 saturated heterocycles. The van der Waals surface area contributed by atoms with E-state index >= 15 is 0 Å². The monoisotopic (exact) mass is 317 g/mol. The SMILES string of the molecule is O=C(CSc1ccccc1F)Cc1nc2ccccc2s1. The van der Waals surface area contributed by atoms with Gasteiger partial charge in [0, 0.05) is 4.90 Å². The van der Waals surface area contributed by atoms with Crippen LogP contribution in [0.3, 0.4) is 0 Å². The summed E-state index contributed by atoms with van der Waals surface area (Å²) in [4.78, 5) is 16.9. The van der Waals surface area contributed by atoms with E-state index < -0.39 is 0 Å². The maximum atomic E-state index is 13.5. The first-order valence-corrected chi connectivity index (χ1v) is 8.26. The van der Waals surface area contributed by atoms with Gasteiger partial charge < -0.3 is 0 Å². The number of carbonyl (C=O) groups is 1. The van der Waals surface area contributed by atoms with Gasteiger partial charge in [-0.2, -0.15) is 0 Å². The Morgan fingerprint density at radius 1 is 1.14 bits per heavy atom. The normalized spacial score (nSPS) is 10.9. The van der Waals surface area contributed by atoms with Crippen LogP contribution in [-0.2, 0) is 11.2 Å². The molecule has 0 unspecified atom stereocenters. The molecule has 0 bridgehead atoms. The molecule has 3 rings (SSSR count). The van der Waals surface area contributed by atoms with Crippen LogP contribution >= 0.6 is 23.1 Å². The fraction of sp³-hybridized carbons (Fsp3) is 0.125. The van der Waals surface area contributed by atoms with Crippen LogP contribution in [0.5, 0.6) is 0 Å². The minimum absolute atomic E-state index is 0.0577. The van der Waals surface area contributed by atoms with E-state index in [1.54, 1.807) is 18.2 Å². The van der Waals surface area contributed by atoms with Gasteiger partial charge in [0.15, 0.2) is 0 Å². The van der Waals surface area contributed by atoms with Crippen molar-refractivity contribution in [3.8, 4) is 0 Å². The predicted octanol–water partition coefficient (Wildman–Crippen LogP) is 4.34. The Labute approximate surface area is 130 Å². The van der Waals surface area contributed by atoms with Crippen LogP contribution < -0.4 is 0 Å². The molecule has 5 heteroatoms. The van der Waals surface area contributed by atoms with Gasteiger partial charge >= 0.3 is 0 Å². The molecule has 3 aromatic rings. The van der Waals surface area contributed by atoms with Gasteiger partial charge in [-0.25, -0.2) is 9.37 Å². The molecule has 2 nitrogen and oxygen atoms in total. The van der Waals surface area contributed by atoms with Crippen molar-refractivity contribution in [2.24, 2.45) is 0 Å². The van der Waals surface area contributed by atoms with Crippen molar-refractivity contribution < 1.29 is 9.18 Å². The minimum Gasteiger partial charge on any atom is -0.298 e. The summed E-state index contributed by atoms with van der Waals surface area (Å²) in [5.41, 5.74) is 0.923. The Hall–Kier alpha value is -1.72. The second-order valence-electron chi connectivity index (χ2n) is 4.51. The summed E-state index contributed by atoms with van der Waals surface area (Å²) in [6, 6.07) is 14.3. The van der Waals surface area contributed by atoms with Crippen molar-refractivity contribution in [3.63, 3.8) is 0 Å². The second-order valence-corrected chi connectivity index (χ2v) is 6.64. The fourth-order valence-electron chi connectivity index (χ4n) is 1.94. The van der Waals surface area contributed by atoms with Crippen LogP contribution in [0.4, 0.5) is 4.39 Å². The van der Waals surface area contributed by atoms with Crippen LogP contribution in [0.15, 0.2) is 53.4 Å². The highest BCUT2D eigenvalue weighted by Gasteiger charge is 2.10. The molecular weight excluding hydrogens is 305 g/mol. The van der Waals surface area contributed by atoms with Crippen molar-refractivity contribution in [1.82, 2.24) is 4.98 Å². The number of fused-ring (bicyclic) bond motifs is 1. The van der Waals surface area contributed by atoms with Crippen molar-refractivity contribution in [2.75, 3.05) is 5.75 Å². The van der Waals surface area contributed by atoms with E-state index in [-0.39, 0.29) is 17.4 Å². The number of thiazole rings is 1. The van der Waals surface area contributed by atoms with Crippen LogP contribution in [0.2, 0.25) is 0 Å². The Morgan fingerprint density at radius 2 is 1.90 bits per heavy atom. The number of Topliss-reactive ketones (excluding diaryl/α,β-unsaturated/α-hetero) is 1. The maximum absolute atomic E-state index is 13.5. The number of ketones is 1. The van der Waals surface area contributed by atoms with E-state index in [2.05, 4.69) is 4.98 Å². The molecule has 0 aliphatic rings. The van der Waals surface area contributed by atoms with Gasteiger partial charge in [-0.1, -0.05) is 24.3 Å². The molecule has 21 heavy (non-hydrogen) atoms. The maximum Gasteiger partial charge on any atom is 0.149 e. The van der Waals surface area contributed by atoms with Gasteiger partial charge in [0.1, 0.15) is 16.6 Å². The molecular formula is C16H12FNOS2. The van der Waals surface area contributed by atoms with Gasteiger partial charge in [0.05, 0.1) is 22.4 Å². The molecule has 0 radical (unpaired) electrons. The van der Waals surface area contributed by atoms with E-state index in [9.17, 15) is 9.18 Å². The second kappa shape index (κ2) is 6.37. The molecule has 0 spiro atoms. The molecule has 106 valence electrons. The van der Waals surface area contributed by atoms with Gasteiger partial charge in [0.2, 0.25) is 0 Å². The Bertz CT molecular complexity index is 752. The molecule has 0 fully saturated rings. The molecule has 1 heterocycles. The zero-order valence-corrected chi connectivity index (χ0v) is 12.7. The van der Waals surface area contributed by atoms with Crippen LogP contribution in [-0.4, -0.2) is 16.5 Å². The van der Waals surface area contributed by atoms with E-state index in [0.29, 0.717) is 11.3 Å². The average molecular weight is 317 g/mol.